The van der Waals surface area contributed by atoms with Gasteiger partial charge in [-0.2, -0.15) is 0 Å². The van der Waals surface area contributed by atoms with Crippen molar-refractivity contribution in [2.75, 3.05) is 14.2 Å². The number of aromatic nitrogens is 1. The molecule has 0 radical (unpaired) electrons. The summed E-state index contributed by atoms with van der Waals surface area (Å²) in [5, 5.41) is 0.823. The van der Waals surface area contributed by atoms with Gasteiger partial charge in [0.15, 0.2) is 4.80 Å². The smallest absolute Gasteiger partial charge is 0.338 e. The van der Waals surface area contributed by atoms with E-state index in [0.717, 1.165) is 5.56 Å². The molecular formula is C23H18Cl2N2O4S. The fraction of sp³-hybridized carbons (Fsp3) is 0.174. The molecule has 2 heterocycles. The molecule has 1 atom stereocenters. The van der Waals surface area contributed by atoms with Crippen LogP contribution in [0.15, 0.2) is 63.5 Å². The molecule has 9 heteroatoms. The molecular weight excluding hydrogens is 471 g/mol. The highest BCUT2D eigenvalue weighted by Crippen LogP contribution is 2.35. The van der Waals surface area contributed by atoms with Crippen molar-refractivity contribution in [2.45, 2.75) is 13.0 Å². The van der Waals surface area contributed by atoms with Gasteiger partial charge in [0.2, 0.25) is 0 Å². The van der Waals surface area contributed by atoms with Crippen LogP contribution in [0.5, 0.6) is 5.75 Å². The molecule has 2 aromatic carbocycles. The summed E-state index contributed by atoms with van der Waals surface area (Å²) < 4.78 is 12.5. The minimum atomic E-state index is -0.745. The lowest BCUT2D eigenvalue weighted by Crippen LogP contribution is -2.40. The van der Waals surface area contributed by atoms with Crippen molar-refractivity contribution in [3.63, 3.8) is 0 Å². The quantitative estimate of drug-likeness (QED) is 0.524. The van der Waals surface area contributed by atoms with Gasteiger partial charge in [-0.15, -0.1) is 0 Å². The largest absolute Gasteiger partial charge is 0.496 e. The Labute approximate surface area is 197 Å². The summed E-state index contributed by atoms with van der Waals surface area (Å²) >= 11 is 13.4. The topological polar surface area (TPSA) is 69.9 Å². The summed E-state index contributed by atoms with van der Waals surface area (Å²) in [7, 11) is 2.85. The normalized spacial score (nSPS) is 15.9. The standard InChI is InChI=1S/C23H18Cl2N2O4S/c1-12-19(22(29)31-3)20(14-6-4-5-7-17(14)30-2)27-21(28)18(32-23(27)26-12)11-13-8-9-15(24)16(25)10-13/h4-11,20H,1-3H3/b18-11-/t20-/m0/s1. The second-order valence-electron chi connectivity index (χ2n) is 6.99. The van der Waals surface area contributed by atoms with E-state index in [1.54, 1.807) is 44.4 Å². The van der Waals surface area contributed by atoms with E-state index in [2.05, 4.69) is 4.99 Å². The maximum Gasteiger partial charge on any atom is 0.338 e. The second kappa shape index (κ2) is 8.94. The second-order valence-corrected chi connectivity index (χ2v) is 8.81. The summed E-state index contributed by atoms with van der Waals surface area (Å²) in [6.07, 6.45) is 1.72. The van der Waals surface area contributed by atoms with Crippen LogP contribution in [0.4, 0.5) is 0 Å². The van der Waals surface area contributed by atoms with Gasteiger partial charge in [-0.05, 0) is 36.8 Å². The fourth-order valence-corrected chi connectivity index (χ4v) is 4.99. The number of benzene rings is 2. The Morgan fingerprint density at radius 1 is 1.16 bits per heavy atom. The summed E-state index contributed by atoms with van der Waals surface area (Å²) in [6.45, 7) is 1.73. The first-order valence-corrected chi connectivity index (χ1v) is 11.1. The lowest BCUT2D eigenvalue weighted by atomic mass is 9.95. The molecule has 0 unspecified atom stereocenters. The lowest BCUT2D eigenvalue weighted by Gasteiger charge is -2.25. The third-order valence-corrected chi connectivity index (χ3v) is 6.82. The number of hydrogen-bond donors (Lipinski definition) is 0. The van der Waals surface area contributed by atoms with Crippen LogP contribution in [0.1, 0.15) is 24.1 Å². The number of methoxy groups -OCH3 is 2. The number of allylic oxidation sites excluding steroid dienone is 1. The Kier molecular flexibility index (Phi) is 6.24. The van der Waals surface area contributed by atoms with E-state index in [1.807, 2.05) is 18.2 Å². The summed E-state index contributed by atoms with van der Waals surface area (Å²) in [5.74, 6) is -0.00594. The van der Waals surface area contributed by atoms with Crippen LogP contribution in [-0.4, -0.2) is 24.8 Å². The minimum absolute atomic E-state index is 0.283. The van der Waals surface area contributed by atoms with E-state index in [9.17, 15) is 9.59 Å². The average Bonchev–Trinajstić information content (AvgIpc) is 3.09. The summed E-state index contributed by atoms with van der Waals surface area (Å²) in [5.41, 5.74) is 1.86. The summed E-state index contributed by atoms with van der Waals surface area (Å²) in [6, 6.07) is 11.6. The first-order valence-electron chi connectivity index (χ1n) is 9.54. The van der Waals surface area contributed by atoms with E-state index in [4.69, 9.17) is 32.7 Å². The molecule has 32 heavy (non-hydrogen) atoms. The third-order valence-electron chi connectivity index (χ3n) is 5.10. The van der Waals surface area contributed by atoms with Crippen molar-refractivity contribution in [1.29, 1.82) is 0 Å². The molecule has 0 bridgehead atoms. The highest BCUT2D eigenvalue weighted by Gasteiger charge is 2.34. The number of fused-ring (bicyclic) bond motifs is 1. The molecule has 3 aromatic rings. The van der Waals surface area contributed by atoms with Gasteiger partial charge in [0.05, 0.1) is 40.1 Å². The van der Waals surface area contributed by atoms with Crippen LogP contribution in [0.25, 0.3) is 6.08 Å². The van der Waals surface area contributed by atoms with Crippen molar-refractivity contribution in [2.24, 2.45) is 4.99 Å². The monoisotopic (exact) mass is 488 g/mol. The van der Waals surface area contributed by atoms with Crippen LogP contribution in [0.3, 0.4) is 0 Å². The lowest BCUT2D eigenvalue weighted by molar-refractivity contribution is -0.136. The summed E-state index contributed by atoms with van der Waals surface area (Å²) in [4.78, 5) is 31.3. The maximum absolute atomic E-state index is 13.5. The number of carbonyl (C=O) groups excluding carboxylic acids is 1. The van der Waals surface area contributed by atoms with Crippen LogP contribution in [-0.2, 0) is 9.53 Å². The number of esters is 1. The predicted molar refractivity (Wildman–Crippen MR) is 125 cm³/mol. The number of thiazole rings is 1. The number of halogens is 2. The molecule has 0 amide bonds. The highest BCUT2D eigenvalue weighted by molar-refractivity contribution is 7.07. The molecule has 6 nitrogen and oxygen atoms in total. The predicted octanol–water partition coefficient (Wildman–Crippen LogP) is 3.72. The van der Waals surface area contributed by atoms with E-state index in [0.29, 0.717) is 36.4 Å². The average molecular weight is 489 g/mol. The number of para-hydroxylation sites is 1. The number of nitrogens with zero attached hydrogens (tertiary/aromatic N) is 2. The maximum atomic E-state index is 13.5. The Balaban J connectivity index is 2.00. The van der Waals surface area contributed by atoms with Crippen molar-refractivity contribution in [3.8, 4) is 5.75 Å². The van der Waals surface area contributed by atoms with Gasteiger partial charge < -0.3 is 9.47 Å². The van der Waals surface area contributed by atoms with Gasteiger partial charge in [0, 0.05) is 5.56 Å². The van der Waals surface area contributed by atoms with Gasteiger partial charge in [-0.25, -0.2) is 9.79 Å². The minimum Gasteiger partial charge on any atom is -0.496 e. The fourth-order valence-electron chi connectivity index (χ4n) is 3.63. The molecule has 0 aliphatic carbocycles. The van der Waals surface area contributed by atoms with Gasteiger partial charge in [0.1, 0.15) is 11.8 Å². The van der Waals surface area contributed by atoms with Gasteiger partial charge in [0.25, 0.3) is 5.56 Å². The van der Waals surface area contributed by atoms with Crippen molar-refractivity contribution in [1.82, 2.24) is 4.57 Å². The molecule has 0 N–H and O–H groups in total. The van der Waals surface area contributed by atoms with Gasteiger partial charge >= 0.3 is 5.97 Å². The van der Waals surface area contributed by atoms with Gasteiger partial charge in [-0.3, -0.25) is 9.36 Å². The van der Waals surface area contributed by atoms with E-state index < -0.39 is 12.0 Å². The van der Waals surface area contributed by atoms with E-state index in [1.165, 1.54) is 23.0 Å². The molecule has 0 saturated carbocycles. The third kappa shape index (κ3) is 3.88. The molecule has 1 aliphatic heterocycles. The van der Waals surface area contributed by atoms with Crippen molar-refractivity contribution in [3.05, 3.63) is 94.6 Å². The molecule has 1 aromatic heterocycles. The Morgan fingerprint density at radius 2 is 1.91 bits per heavy atom. The zero-order valence-corrected chi connectivity index (χ0v) is 19.7. The molecule has 0 spiro atoms. The zero-order valence-electron chi connectivity index (χ0n) is 17.4. The first-order chi connectivity index (χ1) is 15.3. The molecule has 0 saturated heterocycles. The Bertz CT molecular complexity index is 1440. The molecule has 0 fully saturated rings. The number of carbonyl (C=O) groups is 1. The molecule has 164 valence electrons. The number of ether oxygens (including phenoxy) is 2. The first kappa shape index (κ1) is 22.3. The van der Waals surface area contributed by atoms with E-state index in [-0.39, 0.29) is 11.1 Å². The van der Waals surface area contributed by atoms with Crippen LogP contribution in [0, 0.1) is 0 Å². The number of rotatable bonds is 4. The highest BCUT2D eigenvalue weighted by atomic mass is 35.5. The van der Waals surface area contributed by atoms with Crippen LogP contribution >= 0.6 is 34.5 Å². The number of hydrogen-bond acceptors (Lipinski definition) is 6. The van der Waals surface area contributed by atoms with E-state index >= 15 is 0 Å². The van der Waals surface area contributed by atoms with Crippen molar-refractivity contribution < 1.29 is 14.3 Å². The zero-order chi connectivity index (χ0) is 23.0. The van der Waals surface area contributed by atoms with Gasteiger partial charge in [-0.1, -0.05) is 58.8 Å². The van der Waals surface area contributed by atoms with Crippen LogP contribution in [0.2, 0.25) is 10.0 Å². The molecule has 1 aliphatic rings. The van der Waals surface area contributed by atoms with Crippen LogP contribution < -0.4 is 19.6 Å². The Morgan fingerprint density at radius 3 is 2.59 bits per heavy atom. The molecule has 4 rings (SSSR count). The SMILES string of the molecule is COC(=O)C1=C(C)N=c2s/c(=C\c3ccc(Cl)c(Cl)c3)c(=O)n2[C@H]1c1ccccc1OC. The Hall–Kier alpha value is -2.87. The van der Waals surface area contributed by atoms with Crippen molar-refractivity contribution >= 4 is 46.6 Å².